The lowest BCUT2D eigenvalue weighted by molar-refractivity contribution is 0.0696. The van der Waals surface area contributed by atoms with Gasteiger partial charge in [0.1, 0.15) is 0 Å². The Bertz CT molecular complexity index is 1300. The third-order valence-corrected chi connectivity index (χ3v) is 5.06. The number of pyridine rings is 1. The fraction of sp³-hybridized carbons (Fsp3) is 0.174. The molecule has 0 saturated carbocycles. The molecule has 0 bridgehead atoms. The van der Waals surface area contributed by atoms with Gasteiger partial charge in [-0.25, -0.2) is 19.1 Å². The fourth-order valence-corrected chi connectivity index (χ4v) is 3.50. The van der Waals surface area contributed by atoms with Crippen LogP contribution in [0.2, 0.25) is 0 Å². The molecule has 4 aromatic rings. The molecule has 0 aliphatic rings. The second kappa shape index (κ2) is 7.51. The van der Waals surface area contributed by atoms with E-state index in [1.807, 2.05) is 68.4 Å². The molecule has 0 radical (unpaired) electrons. The summed E-state index contributed by atoms with van der Waals surface area (Å²) in [5, 5.41) is 9.26. The molecule has 30 heavy (non-hydrogen) atoms. The predicted molar refractivity (Wildman–Crippen MR) is 117 cm³/mol. The topological polar surface area (TPSA) is 80.4 Å². The van der Waals surface area contributed by atoms with Gasteiger partial charge in [-0.1, -0.05) is 12.1 Å². The van der Waals surface area contributed by atoms with Gasteiger partial charge in [0.05, 0.1) is 23.3 Å². The van der Waals surface area contributed by atoms with Crippen molar-refractivity contribution < 1.29 is 9.90 Å². The van der Waals surface area contributed by atoms with Crippen LogP contribution in [0, 0.1) is 6.92 Å². The number of imidazole rings is 1. The number of anilines is 1. The minimum atomic E-state index is -0.995. The summed E-state index contributed by atoms with van der Waals surface area (Å²) >= 11 is 0. The number of aromatic nitrogens is 3. The van der Waals surface area contributed by atoms with Crippen LogP contribution in [0.5, 0.6) is 0 Å². The van der Waals surface area contributed by atoms with Gasteiger partial charge in [-0.05, 0) is 61.0 Å². The third kappa shape index (κ3) is 3.45. The highest BCUT2D eigenvalue weighted by molar-refractivity contribution is 5.87. The lowest BCUT2D eigenvalue weighted by Gasteiger charge is -2.12. The largest absolute Gasteiger partial charge is 0.478 e. The second-order valence-electron chi connectivity index (χ2n) is 7.42. The van der Waals surface area contributed by atoms with Gasteiger partial charge in [0, 0.05) is 25.5 Å². The minimum Gasteiger partial charge on any atom is -0.478 e. The van der Waals surface area contributed by atoms with Gasteiger partial charge in [-0.2, -0.15) is 0 Å². The van der Waals surface area contributed by atoms with Crippen LogP contribution >= 0.6 is 0 Å². The van der Waals surface area contributed by atoms with Gasteiger partial charge in [-0.15, -0.1) is 0 Å². The normalized spacial score (nSPS) is 11.0. The summed E-state index contributed by atoms with van der Waals surface area (Å²) < 4.78 is 3.23. The number of carboxylic acid groups (broad SMARTS) is 1. The van der Waals surface area contributed by atoms with E-state index in [9.17, 15) is 14.7 Å². The number of benzene rings is 2. The van der Waals surface area contributed by atoms with Crippen molar-refractivity contribution in [3.8, 4) is 5.69 Å². The zero-order chi connectivity index (χ0) is 21.4. The van der Waals surface area contributed by atoms with Gasteiger partial charge in [-0.3, -0.25) is 4.57 Å². The number of carbonyl (C=O) groups is 1. The van der Waals surface area contributed by atoms with E-state index in [0.29, 0.717) is 11.2 Å². The molecule has 2 aromatic heterocycles. The molecular weight excluding hydrogens is 380 g/mol. The molecule has 0 aliphatic carbocycles. The maximum Gasteiger partial charge on any atom is 0.335 e. The maximum absolute atomic E-state index is 13.4. The highest BCUT2D eigenvalue weighted by atomic mass is 16.4. The molecule has 7 heteroatoms. The predicted octanol–water partition coefficient (Wildman–Crippen LogP) is 3.31. The lowest BCUT2D eigenvalue weighted by Crippen LogP contribution is -2.24. The molecule has 0 amide bonds. The summed E-state index contributed by atoms with van der Waals surface area (Å²) in [5.74, 6) is -0.995. The van der Waals surface area contributed by atoms with Crippen LogP contribution in [0.15, 0.2) is 65.5 Å². The standard InChI is InChI=1S/C23H22N4O3/c1-15-7-12-20-21(24-15)27(19-10-8-18(9-11-19)25(2)3)23(30)26(20)14-16-5-4-6-17(13-16)22(28)29/h4-13H,14H2,1-3H3,(H,28,29). The van der Waals surface area contributed by atoms with E-state index in [0.717, 1.165) is 22.6 Å². The number of fused-ring (bicyclic) bond motifs is 1. The Hall–Kier alpha value is -3.87. The Morgan fingerprint density at radius 2 is 1.80 bits per heavy atom. The quantitative estimate of drug-likeness (QED) is 0.554. The van der Waals surface area contributed by atoms with E-state index in [4.69, 9.17) is 0 Å². The highest BCUT2D eigenvalue weighted by Crippen LogP contribution is 2.20. The SMILES string of the molecule is Cc1ccc2c(n1)n(-c1ccc(N(C)C)cc1)c(=O)n2Cc1cccc(C(=O)O)c1. The number of aryl methyl sites for hydroxylation is 1. The smallest absolute Gasteiger partial charge is 0.335 e. The van der Waals surface area contributed by atoms with Crippen LogP contribution in [0.3, 0.4) is 0 Å². The molecule has 2 aromatic carbocycles. The number of aromatic carboxylic acids is 1. The number of nitrogens with zero attached hydrogens (tertiary/aromatic N) is 4. The minimum absolute atomic E-state index is 0.192. The zero-order valence-corrected chi connectivity index (χ0v) is 17.0. The van der Waals surface area contributed by atoms with Crippen molar-refractivity contribution in [2.45, 2.75) is 13.5 Å². The van der Waals surface area contributed by atoms with Crippen molar-refractivity contribution in [1.29, 1.82) is 0 Å². The summed E-state index contributed by atoms with van der Waals surface area (Å²) in [4.78, 5) is 31.3. The van der Waals surface area contributed by atoms with Gasteiger partial charge < -0.3 is 10.0 Å². The van der Waals surface area contributed by atoms with Crippen LogP contribution in [0.1, 0.15) is 21.6 Å². The lowest BCUT2D eigenvalue weighted by atomic mass is 10.1. The van der Waals surface area contributed by atoms with Crippen molar-refractivity contribution in [2.24, 2.45) is 0 Å². The van der Waals surface area contributed by atoms with Crippen molar-refractivity contribution in [3.05, 3.63) is 88.0 Å². The molecule has 0 aliphatic heterocycles. The van der Waals surface area contributed by atoms with E-state index in [1.54, 1.807) is 21.3 Å². The van der Waals surface area contributed by atoms with Crippen LogP contribution in [0.4, 0.5) is 5.69 Å². The summed E-state index contributed by atoms with van der Waals surface area (Å²) in [6, 6.07) is 18.1. The summed E-state index contributed by atoms with van der Waals surface area (Å²) in [7, 11) is 3.92. The molecule has 1 N–H and O–H groups in total. The first-order valence-electron chi connectivity index (χ1n) is 9.54. The zero-order valence-electron chi connectivity index (χ0n) is 17.0. The fourth-order valence-electron chi connectivity index (χ4n) is 3.50. The average Bonchev–Trinajstić information content (AvgIpc) is 2.99. The summed E-state index contributed by atoms with van der Waals surface area (Å²) in [5.41, 5.74) is 4.55. The van der Waals surface area contributed by atoms with E-state index < -0.39 is 5.97 Å². The highest BCUT2D eigenvalue weighted by Gasteiger charge is 2.17. The first-order valence-corrected chi connectivity index (χ1v) is 9.54. The Kier molecular flexibility index (Phi) is 4.87. The van der Waals surface area contributed by atoms with Crippen molar-refractivity contribution in [1.82, 2.24) is 14.1 Å². The van der Waals surface area contributed by atoms with Gasteiger partial charge >= 0.3 is 11.7 Å². The van der Waals surface area contributed by atoms with E-state index >= 15 is 0 Å². The molecule has 152 valence electrons. The first kappa shape index (κ1) is 19.4. The molecule has 4 rings (SSSR count). The summed E-state index contributed by atoms with van der Waals surface area (Å²) in [6.45, 7) is 2.14. The van der Waals surface area contributed by atoms with Crippen LogP contribution in [-0.4, -0.2) is 39.3 Å². The second-order valence-corrected chi connectivity index (χ2v) is 7.42. The Morgan fingerprint density at radius 1 is 1.07 bits per heavy atom. The Morgan fingerprint density at radius 3 is 2.47 bits per heavy atom. The van der Waals surface area contributed by atoms with Crippen molar-refractivity contribution >= 4 is 22.8 Å². The maximum atomic E-state index is 13.4. The van der Waals surface area contributed by atoms with Gasteiger partial charge in [0.15, 0.2) is 5.65 Å². The molecule has 0 spiro atoms. The Labute approximate surface area is 173 Å². The Balaban J connectivity index is 1.87. The van der Waals surface area contributed by atoms with Crippen LogP contribution in [-0.2, 0) is 6.54 Å². The van der Waals surface area contributed by atoms with Crippen molar-refractivity contribution in [3.63, 3.8) is 0 Å². The molecule has 7 nitrogen and oxygen atoms in total. The van der Waals surface area contributed by atoms with E-state index in [1.165, 1.54) is 6.07 Å². The molecule has 0 fully saturated rings. The van der Waals surface area contributed by atoms with E-state index in [-0.39, 0.29) is 17.8 Å². The van der Waals surface area contributed by atoms with Crippen LogP contribution < -0.4 is 10.6 Å². The monoisotopic (exact) mass is 402 g/mol. The van der Waals surface area contributed by atoms with Gasteiger partial charge in [0.25, 0.3) is 0 Å². The van der Waals surface area contributed by atoms with Crippen LogP contribution in [0.25, 0.3) is 16.9 Å². The molecule has 0 unspecified atom stereocenters. The molecule has 2 heterocycles. The summed E-state index contributed by atoms with van der Waals surface area (Å²) in [6.07, 6.45) is 0. The molecule has 0 saturated heterocycles. The number of rotatable bonds is 5. The van der Waals surface area contributed by atoms with Gasteiger partial charge in [0.2, 0.25) is 0 Å². The number of carboxylic acids is 1. The molecule has 0 atom stereocenters. The third-order valence-electron chi connectivity index (χ3n) is 5.06. The number of hydrogen-bond donors (Lipinski definition) is 1. The first-order chi connectivity index (χ1) is 14.3. The van der Waals surface area contributed by atoms with E-state index in [2.05, 4.69) is 4.98 Å². The average molecular weight is 402 g/mol. The molecular formula is C23H22N4O3. The van der Waals surface area contributed by atoms with Crippen molar-refractivity contribution in [2.75, 3.05) is 19.0 Å². The number of hydrogen-bond acceptors (Lipinski definition) is 4.